The van der Waals surface area contributed by atoms with E-state index in [9.17, 15) is 8.42 Å². The van der Waals surface area contributed by atoms with E-state index in [-0.39, 0.29) is 4.90 Å². The van der Waals surface area contributed by atoms with Crippen LogP contribution in [0.4, 0.5) is 0 Å². The molecule has 5 nitrogen and oxygen atoms in total. The number of aryl methyl sites for hydroxylation is 1. The highest BCUT2D eigenvalue weighted by atomic mass is 32.2. The third kappa shape index (κ3) is 6.42. The zero-order valence-electron chi connectivity index (χ0n) is 13.2. The van der Waals surface area contributed by atoms with Crippen molar-refractivity contribution in [3.8, 4) is 0 Å². The van der Waals surface area contributed by atoms with Crippen molar-refractivity contribution in [2.24, 2.45) is 0 Å². The highest BCUT2D eigenvalue weighted by Gasteiger charge is 2.20. The Hall–Kier alpha value is -0.500. The summed E-state index contributed by atoms with van der Waals surface area (Å²) in [4.78, 5) is 0.243. The number of nitrogens with one attached hydrogen (secondary N) is 2. The van der Waals surface area contributed by atoms with Crippen LogP contribution in [0, 0.1) is 6.92 Å². The number of thioether (sulfide) groups is 1. The number of furan rings is 1. The van der Waals surface area contributed by atoms with Crippen LogP contribution in [0.3, 0.4) is 0 Å². The van der Waals surface area contributed by atoms with Gasteiger partial charge in [0.2, 0.25) is 10.0 Å². The Morgan fingerprint density at radius 1 is 1.33 bits per heavy atom. The maximum atomic E-state index is 12.2. The number of rotatable bonds is 10. The van der Waals surface area contributed by atoms with Crippen molar-refractivity contribution in [2.45, 2.75) is 51.1 Å². The van der Waals surface area contributed by atoms with Gasteiger partial charge in [-0.1, -0.05) is 13.8 Å². The number of unbranched alkanes of at least 4 members (excludes halogenated alkanes) is 1. The molecule has 21 heavy (non-hydrogen) atoms. The molecule has 1 heterocycles. The molecule has 0 aliphatic heterocycles. The van der Waals surface area contributed by atoms with Crippen molar-refractivity contribution in [1.82, 2.24) is 10.0 Å². The van der Waals surface area contributed by atoms with Crippen LogP contribution in [0.15, 0.2) is 15.4 Å². The monoisotopic (exact) mass is 334 g/mol. The van der Waals surface area contributed by atoms with Crippen LogP contribution < -0.4 is 10.0 Å². The second kappa shape index (κ2) is 8.82. The first-order valence-electron chi connectivity index (χ1n) is 7.18. The molecular weight excluding hydrogens is 308 g/mol. The predicted molar refractivity (Wildman–Crippen MR) is 88.2 cm³/mol. The highest BCUT2D eigenvalue weighted by Crippen LogP contribution is 2.20. The summed E-state index contributed by atoms with van der Waals surface area (Å²) in [6.45, 7) is 6.74. The molecule has 2 N–H and O–H groups in total. The first-order valence-corrected chi connectivity index (χ1v) is 10.1. The molecule has 1 aromatic rings. The predicted octanol–water partition coefficient (Wildman–Crippen LogP) is 2.51. The van der Waals surface area contributed by atoms with E-state index < -0.39 is 10.0 Å². The van der Waals surface area contributed by atoms with Crippen LogP contribution in [-0.2, 0) is 16.6 Å². The Labute approximate surface area is 132 Å². The Balaban J connectivity index is 2.61. The average molecular weight is 335 g/mol. The average Bonchev–Trinajstić information content (AvgIpc) is 2.78. The first kappa shape index (κ1) is 18.5. The van der Waals surface area contributed by atoms with Crippen LogP contribution in [0.1, 0.15) is 38.2 Å². The smallest absolute Gasteiger partial charge is 0.244 e. The van der Waals surface area contributed by atoms with Gasteiger partial charge >= 0.3 is 0 Å². The number of hydrogen-bond acceptors (Lipinski definition) is 5. The Bertz CT molecular complexity index is 524. The molecule has 0 aliphatic rings. The van der Waals surface area contributed by atoms with Gasteiger partial charge in [0.25, 0.3) is 0 Å². The normalized spacial score (nSPS) is 12.2. The lowest BCUT2D eigenvalue weighted by atomic mass is 10.3. The first-order chi connectivity index (χ1) is 9.86. The molecule has 0 aliphatic carbocycles. The van der Waals surface area contributed by atoms with E-state index in [1.807, 2.05) is 20.1 Å². The fourth-order valence-corrected chi connectivity index (χ4v) is 3.61. The fraction of sp³-hybridized carbons (Fsp3) is 0.714. The van der Waals surface area contributed by atoms with E-state index in [0.717, 1.165) is 18.6 Å². The summed E-state index contributed by atoms with van der Waals surface area (Å²) >= 11 is 1.77. The second-order valence-electron chi connectivity index (χ2n) is 5.27. The summed E-state index contributed by atoms with van der Waals surface area (Å²) in [6, 6.07) is 1.93. The van der Waals surface area contributed by atoms with Gasteiger partial charge in [0.05, 0.1) is 6.54 Å². The van der Waals surface area contributed by atoms with Gasteiger partial charge in [0, 0.05) is 18.7 Å². The van der Waals surface area contributed by atoms with E-state index in [0.29, 0.717) is 30.7 Å². The molecule has 1 rings (SSSR count). The quantitative estimate of drug-likeness (QED) is 0.643. The molecule has 1 aromatic heterocycles. The molecule has 122 valence electrons. The topological polar surface area (TPSA) is 71.3 Å². The van der Waals surface area contributed by atoms with E-state index in [1.54, 1.807) is 24.8 Å². The maximum Gasteiger partial charge on any atom is 0.244 e. The minimum Gasteiger partial charge on any atom is -0.464 e. The van der Waals surface area contributed by atoms with Gasteiger partial charge in [-0.25, -0.2) is 13.1 Å². The standard InChI is InChI=1S/C14H26N2O3S2/c1-11(2)15-10-13-9-14(12(3)19-13)21(17,18)16-7-5-6-8-20-4/h9,11,15-16H,5-8,10H2,1-4H3. The van der Waals surface area contributed by atoms with Crippen LogP contribution in [0.5, 0.6) is 0 Å². The van der Waals surface area contributed by atoms with Gasteiger partial charge in [-0.15, -0.1) is 0 Å². The summed E-state index contributed by atoms with van der Waals surface area (Å²) in [7, 11) is -3.47. The SMILES string of the molecule is CSCCCCNS(=O)(=O)c1cc(CNC(C)C)oc1C. The van der Waals surface area contributed by atoms with Crippen molar-refractivity contribution in [3.63, 3.8) is 0 Å². The molecule has 0 spiro atoms. The van der Waals surface area contributed by atoms with E-state index in [4.69, 9.17) is 4.42 Å². The summed E-state index contributed by atoms with van der Waals surface area (Å²) < 4.78 is 32.6. The third-order valence-corrected chi connectivity index (χ3v) is 5.23. The largest absolute Gasteiger partial charge is 0.464 e. The van der Waals surface area contributed by atoms with Gasteiger partial charge < -0.3 is 9.73 Å². The lowest BCUT2D eigenvalue weighted by molar-refractivity contribution is 0.444. The zero-order chi connectivity index (χ0) is 15.9. The van der Waals surface area contributed by atoms with E-state index in [1.165, 1.54) is 0 Å². The molecule has 0 aromatic carbocycles. The van der Waals surface area contributed by atoms with E-state index >= 15 is 0 Å². The number of sulfonamides is 1. The van der Waals surface area contributed by atoms with Crippen molar-refractivity contribution >= 4 is 21.8 Å². The second-order valence-corrected chi connectivity index (χ2v) is 7.99. The lowest BCUT2D eigenvalue weighted by Gasteiger charge is -2.05. The molecule has 0 saturated heterocycles. The molecule has 0 unspecified atom stereocenters. The third-order valence-electron chi connectivity index (χ3n) is 2.96. The minimum absolute atomic E-state index is 0.243. The van der Waals surface area contributed by atoms with Crippen LogP contribution in [0.25, 0.3) is 0 Å². The van der Waals surface area contributed by atoms with Crippen molar-refractivity contribution in [1.29, 1.82) is 0 Å². The van der Waals surface area contributed by atoms with Crippen LogP contribution in [0.2, 0.25) is 0 Å². The van der Waals surface area contributed by atoms with Crippen molar-refractivity contribution in [3.05, 3.63) is 17.6 Å². The maximum absolute atomic E-state index is 12.2. The summed E-state index contributed by atoms with van der Waals surface area (Å²) in [6.07, 6.45) is 3.90. The Kier molecular flexibility index (Phi) is 7.79. The van der Waals surface area contributed by atoms with Crippen LogP contribution >= 0.6 is 11.8 Å². The van der Waals surface area contributed by atoms with Gasteiger partial charge in [-0.05, 0) is 31.8 Å². The molecule has 0 bridgehead atoms. The lowest BCUT2D eigenvalue weighted by Crippen LogP contribution is -2.25. The summed E-state index contributed by atoms with van der Waals surface area (Å²) in [5.41, 5.74) is 0. The minimum atomic E-state index is -3.47. The Morgan fingerprint density at radius 3 is 2.67 bits per heavy atom. The molecule has 0 radical (unpaired) electrons. The molecule has 0 atom stereocenters. The highest BCUT2D eigenvalue weighted by molar-refractivity contribution is 7.98. The molecule has 0 fully saturated rings. The van der Waals surface area contributed by atoms with Crippen molar-refractivity contribution in [2.75, 3.05) is 18.6 Å². The molecule has 0 saturated carbocycles. The summed E-state index contributed by atoms with van der Waals surface area (Å²) in [5, 5.41) is 3.21. The zero-order valence-corrected chi connectivity index (χ0v) is 14.9. The van der Waals surface area contributed by atoms with Gasteiger partial charge in [0.1, 0.15) is 16.4 Å². The van der Waals surface area contributed by atoms with Gasteiger partial charge in [-0.2, -0.15) is 11.8 Å². The molecule has 7 heteroatoms. The molecule has 0 amide bonds. The fourth-order valence-electron chi connectivity index (χ4n) is 1.84. The van der Waals surface area contributed by atoms with E-state index in [2.05, 4.69) is 10.0 Å². The number of hydrogen-bond donors (Lipinski definition) is 2. The van der Waals surface area contributed by atoms with Crippen molar-refractivity contribution < 1.29 is 12.8 Å². The van der Waals surface area contributed by atoms with Gasteiger partial charge in [0.15, 0.2) is 0 Å². The van der Waals surface area contributed by atoms with Crippen LogP contribution in [-0.4, -0.2) is 33.0 Å². The molecular formula is C14H26N2O3S2. The van der Waals surface area contributed by atoms with Gasteiger partial charge in [-0.3, -0.25) is 0 Å². The summed E-state index contributed by atoms with van der Waals surface area (Å²) in [5.74, 6) is 2.13. The Morgan fingerprint density at radius 2 is 2.05 bits per heavy atom.